The highest BCUT2D eigenvalue weighted by molar-refractivity contribution is 7.12. The summed E-state index contributed by atoms with van der Waals surface area (Å²) in [5, 5.41) is 5.15. The monoisotopic (exact) mass is 332 g/mol. The van der Waals surface area contributed by atoms with E-state index in [0.717, 1.165) is 6.42 Å². The average Bonchev–Trinajstić information content (AvgIpc) is 3.23. The van der Waals surface area contributed by atoms with Crippen molar-refractivity contribution in [2.24, 2.45) is 5.92 Å². The fourth-order valence-electron chi connectivity index (χ4n) is 2.60. The highest BCUT2D eigenvalue weighted by atomic mass is 32.1. The van der Waals surface area contributed by atoms with Crippen molar-refractivity contribution in [1.29, 1.82) is 0 Å². The van der Waals surface area contributed by atoms with Crippen molar-refractivity contribution in [2.75, 3.05) is 12.4 Å². The van der Waals surface area contributed by atoms with Gasteiger partial charge in [-0.3, -0.25) is 9.59 Å². The Kier molecular flexibility index (Phi) is 4.17. The van der Waals surface area contributed by atoms with E-state index in [4.69, 9.17) is 0 Å². The Hall–Kier alpha value is -2.21. The fraction of sp³-hybridized carbons (Fsp3) is 0.294. The average molecular weight is 332 g/mol. The van der Waals surface area contributed by atoms with Gasteiger partial charge in [0.2, 0.25) is 5.91 Å². The number of thiophene rings is 1. The molecule has 0 spiro atoms. The first-order valence-electron chi connectivity index (χ1n) is 7.38. The molecule has 1 aliphatic rings. The largest absolute Gasteiger partial charge is 0.355 e. The number of carbonyl (C=O) groups is 2. The summed E-state index contributed by atoms with van der Waals surface area (Å²) in [7, 11) is 1.44. The first kappa shape index (κ1) is 15.7. The minimum Gasteiger partial charge on any atom is -0.355 e. The van der Waals surface area contributed by atoms with Crippen molar-refractivity contribution < 1.29 is 14.0 Å². The van der Waals surface area contributed by atoms with Crippen LogP contribution < -0.4 is 10.6 Å². The molecule has 6 heteroatoms. The third-order valence-electron chi connectivity index (χ3n) is 3.96. The van der Waals surface area contributed by atoms with E-state index in [1.54, 1.807) is 11.3 Å². The summed E-state index contributed by atoms with van der Waals surface area (Å²) in [6, 6.07) is 8.14. The van der Waals surface area contributed by atoms with Crippen molar-refractivity contribution in [2.45, 2.75) is 19.3 Å². The standard InChI is InChI=1S/C17H17FN2O2S/c1-9-3-6-15(23-9)11-8-12(11)17(22)20-10-4-5-14(18)13(7-10)16(21)19-2/h3-7,11-12H,8H2,1-2H3,(H,19,21)(H,20,22)/t11-,12+/m0/s1. The molecule has 1 saturated carbocycles. The lowest BCUT2D eigenvalue weighted by Gasteiger charge is -2.08. The van der Waals surface area contributed by atoms with Crippen molar-refractivity contribution in [3.05, 3.63) is 51.5 Å². The van der Waals surface area contributed by atoms with Gasteiger partial charge in [0.1, 0.15) is 5.82 Å². The van der Waals surface area contributed by atoms with Gasteiger partial charge in [0.15, 0.2) is 0 Å². The van der Waals surface area contributed by atoms with E-state index in [0.29, 0.717) is 5.69 Å². The maximum absolute atomic E-state index is 13.6. The number of rotatable bonds is 4. The van der Waals surface area contributed by atoms with Crippen LogP contribution in [0.25, 0.3) is 0 Å². The van der Waals surface area contributed by atoms with Gasteiger partial charge in [0, 0.05) is 34.3 Å². The van der Waals surface area contributed by atoms with Gasteiger partial charge in [-0.05, 0) is 43.7 Å². The van der Waals surface area contributed by atoms with Crippen LogP contribution in [0.15, 0.2) is 30.3 Å². The predicted octanol–water partition coefficient (Wildman–Crippen LogP) is 3.30. The van der Waals surface area contributed by atoms with E-state index in [2.05, 4.69) is 22.8 Å². The van der Waals surface area contributed by atoms with E-state index >= 15 is 0 Å². The molecule has 1 heterocycles. The van der Waals surface area contributed by atoms with E-state index < -0.39 is 11.7 Å². The zero-order valence-electron chi connectivity index (χ0n) is 12.9. The van der Waals surface area contributed by atoms with Crippen LogP contribution in [-0.4, -0.2) is 18.9 Å². The van der Waals surface area contributed by atoms with Crippen LogP contribution in [0.4, 0.5) is 10.1 Å². The van der Waals surface area contributed by atoms with Crippen molar-refractivity contribution in [1.82, 2.24) is 5.32 Å². The highest BCUT2D eigenvalue weighted by Gasteiger charge is 2.44. The quantitative estimate of drug-likeness (QED) is 0.902. The van der Waals surface area contributed by atoms with Gasteiger partial charge in [-0.25, -0.2) is 4.39 Å². The van der Waals surface area contributed by atoms with Crippen molar-refractivity contribution in [3.8, 4) is 0 Å². The topological polar surface area (TPSA) is 58.2 Å². The zero-order chi connectivity index (χ0) is 16.6. The van der Waals surface area contributed by atoms with Crippen molar-refractivity contribution >= 4 is 28.8 Å². The number of hydrogen-bond acceptors (Lipinski definition) is 3. The molecule has 0 saturated heterocycles. The second-order valence-corrected chi connectivity index (χ2v) is 6.98. The summed E-state index contributed by atoms with van der Waals surface area (Å²) in [6.07, 6.45) is 0.829. The molecule has 3 rings (SSSR count). The maximum Gasteiger partial charge on any atom is 0.254 e. The Balaban J connectivity index is 1.68. The Morgan fingerprint density at radius 2 is 2.04 bits per heavy atom. The second kappa shape index (κ2) is 6.12. The van der Waals surface area contributed by atoms with Gasteiger partial charge in [-0.15, -0.1) is 11.3 Å². The third-order valence-corrected chi connectivity index (χ3v) is 5.09. The molecule has 120 valence electrons. The SMILES string of the molecule is CNC(=O)c1cc(NC(=O)[C@@H]2C[C@@H]2c2ccc(C)s2)ccc1F. The Morgan fingerprint density at radius 3 is 2.70 bits per heavy atom. The molecule has 1 aromatic heterocycles. The predicted molar refractivity (Wildman–Crippen MR) is 88.3 cm³/mol. The molecule has 1 aromatic carbocycles. The minimum absolute atomic E-state index is 0.0541. The molecule has 1 aliphatic carbocycles. The summed E-state index contributed by atoms with van der Waals surface area (Å²) in [5.41, 5.74) is 0.356. The molecule has 23 heavy (non-hydrogen) atoms. The lowest BCUT2D eigenvalue weighted by atomic mass is 10.1. The fourth-order valence-corrected chi connectivity index (χ4v) is 3.65. The summed E-state index contributed by atoms with van der Waals surface area (Å²) >= 11 is 1.71. The number of nitrogens with one attached hydrogen (secondary N) is 2. The Morgan fingerprint density at radius 1 is 1.26 bits per heavy atom. The number of halogens is 1. The van der Waals surface area contributed by atoms with E-state index in [1.165, 1.54) is 35.0 Å². The smallest absolute Gasteiger partial charge is 0.254 e. The zero-order valence-corrected chi connectivity index (χ0v) is 13.7. The second-order valence-electron chi connectivity index (χ2n) is 5.66. The van der Waals surface area contributed by atoms with Gasteiger partial charge in [0.25, 0.3) is 5.91 Å². The van der Waals surface area contributed by atoms with Crippen LogP contribution in [0.3, 0.4) is 0 Å². The summed E-state index contributed by atoms with van der Waals surface area (Å²) in [4.78, 5) is 26.4. The number of amides is 2. The molecule has 0 bridgehead atoms. The van der Waals surface area contributed by atoms with E-state index in [-0.39, 0.29) is 23.3 Å². The summed E-state index contributed by atoms with van der Waals surface area (Å²) in [5.74, 6) is -0.998. The number of hydrogen-bond donors (Lipinski definition) is 2. The Labute approximate surface area is 137 Å². The van der Waals surface area contributed by atoms with Gasteiger partial charge in [-0.2, -0.15) is 0 Å². The highest BCUT2D eigenvalue weighted by Crippen LogP contribution is 2.50. The molecule has 2 amide bonds. The summed E-state index contributed by atoms with van der Waals surface area (Å²) in [6.45, 7) is 2.05. The van der Waals surface area contributed by atoms with Gasteiger partial charge >= 0.3 is 0 Å². The molecule has 2 aromatic rings. The minimum atomic E-state index is -0.610. The molecular weight excluding hydrogens is 315 g/mol. The van der Waals surface area contributed by atoms with Gasteiger partial charge in [0.05, 0.1) is 5.56 Å². The first-order valence-corrected chi connectivity index (χ1v) is 8.20. The summed E-state index contributed by atoms with van der Waals surface area (Å²) < 4.78 is 13.6. The normalized spacial score (nSPS) is 19.3. The van der Waals surface area contributed by atoms with E-state index in [1.807, 2.05) is 6.92 Å². The molecule has 0 unspecified atom stereocenters. The molecule has 2 atom stereocenters. The van der Waals surface area contributed by atoms with Crippen molar-refractivity contribution in [3.63, 3.8) is 0 Å². The maximum atomic E-state index is 13.6. The molecule has 0 radical (unpaired) electrons. The molecule has 2 N–H and O–H groups in total. The number of aryl methyl sites for hydroxylation is 1. The van der Waals surface area contributed by atoms with Crippen LogP contribution in [0.2, 0.25) is 0 Å². The van der Waals surface area contributed by atoms with Crippen LogP contribution in [0.5, 0.6) is 0 Å². The van der Waals surface area contributed by atoms with Crippen LogP contribution in [0.1, 0.15) is 32.5 Å². The van der Waals surface area contributed by atoms with Gasteiger partial charge in [-0.1, -0.05) is 0 Å². The molecule has 4 nitrogen and oxygen atoms in total. The number of carbonyl (C=O) groups excluding carboxylic acids is 2. The molecule has 0 aliphatic heterocycles. The van der Waals surface area contributed by atoms with Gasteiger partial charge < -0.3 is 10.6 Å². The Bertz CT molecular complexity index is 772. The lowest BCUT2D eigenvalue weighted by Crippen LogP contribution is -2.20. The third kappa shape index (κ3) is 3.27. The molecule has 1 fully saturated rings. The lowest BCUT2D eigenvalue weighted by molar-refractivity contribution is -0.117. The van der Waals surface area contributed by atoms with Crippen LogP contribution in [0, 0.1) is 18.7 Å². The first-order chi connectivity index (χ1) is 11.0. The van der Waals surface area contributed by atoms with Crippen LogP contribution in [-0.2, 0) is 4.79 Å². The van der Waals surface area contributed by atoms with Crippen LogP contribution >= 0.6 is 11.3 Å². The number of anilines is 1. The molecular formula is C17H17FN2O2S. The van der Waals surface area contributed by atoms with E-state index in [9.17, 15) is 14.0 Å². The number of benzene rings is 1.